The first-order valence-corrected chi connectivity index (χ1v) is 5.20. The lowest BCUT2D eigenvalue weighted by molar-refractivity contribution is 0.0220. The second kappa shape index (κ2) is 4.71. The molecule has 0 amide bonds. The molecule has 0 aliphatic heterocycles. The van der Waals surface area contributed by atoms with Gasteiger partial charge in [0.15, 0.2) is 0 Å². The van der Waals surface area contributed by atoms with E-state index >= 15 is 0 Å². The van der Waals surface area contributed by atoms with Crippen molar-refractivity contribution >= 4 is 0 Å². The van der Waals surface area contributed by atoms with E-state index in [2.05, 4.69) is 0 Å². The third-order valence-corrected chi connectivity index (χ3v) is 2.65. The van der Waals surface area contributed by atoms with E-state index in [1.807, 2.05) is 6.92 Å². The average molecular weight is 214 g/mol. The molecule has 0 fully saturated rings. The normalized spacial score (nSPS) is 15.0. The summed E-state index contributed by atoms with van der Waals surface area (Å²) in [6.07, 6.45) is 1.72. The second-order valence-electron chi connectivity index (χ2n) is 3.79. The highest BCUT2D eigenvalue weighted by Crippen LogP contribution is 2.30. The molecule has 1 nitrogen and oxygen atoms in total. The van der Waals surface area contributed by atoms with Crippen LogP contribution in [0.3, 0.4) is 0 Å². The summed E-state index contributed by atoms with van der Waals surface area (Å²) < 4.78 is 26.0. The van der Waals surface area contributed by atoms with Gasteiger partial charge in [0.05, 0.1) is 5.60 Å². The first-order valence-electron chi connectivity index (χ1n) is 5.20. The van der Waals surface area contributed by atoms with Gasteiger partial charge in [0.2, 0.25) is 0 Å². The van der Waals surface area contributed by atoms with E-state index in [9.17, 15) is 13.9 Å². The van der Waals surface area contributed by atoms with Crippen LogP contribution in [0.4, 0.5) is 8.78 Å². The first kappa shape index (κ1) is 12.1. The Hall–Kier alpha value is -0.960. The Kier molecular flexibility index (Phi) is 3.80. The van der Waals surface area contributed by atoms with E-state index in [-0.39, 0.29) is 0 Å². The first-order chi connectivity index (χ1) is 7.01. The summed E-state index contributed by atoms with van der Waals surface area (Å²) in [5.74, 6) is -1.29. The van der Waals surface area contributed by atoms with Crippen molar-refractivity contribution in [2.75, 3.05) is 0 Å². The number of hydrogen-bond acceptors (Lipinski definition) is 1. The number of benzene rings is 1. The monoisotopic (exact) mass is 214 g/mol. The molecule has 1 aromatic carbocycles. The summed E-state index contributed by atoms with van der Waals surface area (Å²) in [6.45, 7) is 3.73. The van der Waals surface area contributed by atoms with Crippen molar-refractivity contribution in [3.63, 3.8) is 0 Å². The molecule has 15 heavy (non-hydrogen) atoms. The molecule has 0 aromatic heterocycles. The van der Waals surface area contributed by atoms with Gasteiger partial charge in [0.1, 0.15) is 11.6 Å². The molecule has 0 aliphatic rings. The van der Waals surface area contributed by atoms with Crippen molar-refractivity contribution in [2.45, 2.75) is 38.7 Å². The summed E-state index contributed by atoms with van der Waals surface area (Å²) in [5, 5.41) is 10.2. The topological polar surface area (TPSA) is 20.2 Å². The van der Waals surface area contributed by atoms with Crippen LogP contribution in [0.1, 0.15) is 38.7 Å². The minimum absolute atomic E-state index is 0.323. The summed E-state index contributed by atoms with van der Waals surface area (Å²) in [7, 11) is 0. The summed E-state index contributed by atoms with van der Waals surface area (Å²) in [5.41, 5.74) is -0.790. The van der Waals surface area contributed by atoms with Crippen LogP contribution >= 0.6 is 0 Å². The fourth-order valence-electron chi connectivity index (χ4n) is 1.76. The third-order valence-electron chi connectivity index (χ3n) is 2.65. The number of halogens is 2. The molecule has 0 aliphatic carbocycles. The van der Waals surface area contributed by atoms with Gasteiger partial charge in [-0.2, -0.15) is 0 Å². The highest BCUT2D eigenvalue weighted by molar-refractivity contribution is 5.24. The van der Waals surface area contributed by atoms with Crippen LogP contribution in [0.2, 0.25) is 0 Å². The highest BCUT2D eigenvalue weighted by Gasteiger charge is 2.26. The predicted octanol–water partition coefficient (Wildman–Crippen LogP) is 3.36. The minimum Gasteiger partial charge on any atom is -0.385 e. The molecule has 1 rings (SSSR count). The van der Waals surface area contributed by atoms with Crippen molar-refractivity contribution in [1.29, 1.82) is 0 Å². The van der Waals surface area contributed by atoms with Crippen molar-refractivity contribution in [3.05, 3.63) is 35.4 Å². The molecule has 84 valence electrons. The van der Waals surface area contributed by atoms with Crippen molar-refractivity contribution in [3.8, 4) is 0 Å². The molecule has 1 aromatic rings. The van der Waals surface area contributed by atoms with Gasteiger partial charge >= 0.3 is 0 Å². The summed E-state index contributed by atoms with van der Waals surface area (Å²) >= 11 is 0. The van der Waals surface area contributed by atoms with Gasteiger partial charge in [-0.05, 0) is 30.5 Å². The molecule has 0 saturated heterocycles. The Morgan fingerprint density at radius 2 is 1.67 bits per heavy atom. The summed E-state index contributed by atoms with van der Waals surface area (Å²) in [4.78, 5) is 0. The SMILES string of the molecule is CCCC(O)(CC)c1cc(F)cc(F)c1. The lowest BCUT2D eigenvalue weighted by atomic mass is 9.87. The van der Waals surface area contributed by atoms with E-state index < -0.39 is 17.2 Å². The molecule has 0 bridgehead atoms. The quantitative estimate of drug-likeness (QED) is 0.814. The fraction of sp³-hybridized carbons (Fsp3) is 0.500. The zero-order valence-corrected chi connectivity index (χ0v) is 9.06. The second-order valence-corrected chi connectivity index (χ2v) is 3.79. The van der Waals surface area contributed by atoms with Gasteiger partial charge < -0.3 is 5.11 Å². The molecule has 0 heterocycles. The van der Waals surface area contributed by atoms with E-state index in [4.69, 9.17) is 0 Å². The molecular formula is C12H16F2O. The Bertz CT molecular complexity index is 318. The van der Waals surface area contributed by atoms with E-state index in [1.54, 1.807) is 6.92 Å². The number of hydrogen-bond donors (Lipinski definition) is 1. The molecule has 0 saturated carbocycles. The molecule has 0 radical (unpaired) electrons. The Balaban J connectivity index is 3.11. The Morgan fingerprint density at radius 3 is 2.07 bits per heavy atom. The van der Waals surface area contributed by atoms with Gasteiger partial charge in [-0.1, -0.05) is 20.3 Å². The van der Waals surface area contributed by atoms with Crippen LogP contribution < -0.4 is 0 Å². The molecule has 0 spiro atoms. The number of aliphatic hydroxyl groups is 1. The van der Waals surface area contributed by atoms with E-state index in [1.165, 1.54) is 12.1 Å². The maximum atomic E-state index is 13.0. The number of rotatable bonds is 4. The lowest BCUT2D eigenvalue weighted by Gasteiger charge is -2.27. The van der Waals surface area contributed by atoms with Crippen molar-refractivity contribution in [2.24, 2.45) is 0 Å². The molecule has 1 unspecified atom stereocenters. The van der Waals surface area contributed by atoms with Crippen LogP contribution in [-0.4, -0.2) is 5.11 Å². The maximum absolute atomic E-state index is 13.0. The van der Waals surface area contributed by atoms with Crippen molar-refractivity contribution in [1.82, 2.24) is 0 Å². The zero-order chi connectivity index (χ0) is 11.5. The van der Waals surface area contributed by atoms with Gasteiger partial charge in [-0.3, -0.25) is 0 Å². The van der Waals surface area contributed by atoms with Crippen LogP contribution in [0, 0.1) is 11.6 Å². The third kappa shape index (κ3) is 2.75. The van der Waals surface area contributed by atoms with Gasteiger partial charge in [0.25, 0.3) is 0 Å². The molecule has 1 atom stereocenters. The lowest BCUT2D eigenvalue weighted by Crippen LogP contribution is -2.24. The molecular weight excluding hydrogens is 198 g/mol. The van der Waals surface area contributed by atoms with E-state index in [0.29, 0.717) is 18.4 Å². The Morgan fingerprint density at radius 1 is 1.13 bits per heavy atom. The smallest absolute Gasteiger partial charge is 0.126 e. The Labute approximate surface area is 88.7 Å². The predicted molar refractivity (Wildman–Crippen MR) is 55.5 cm³/mol. The van der Waals surface area contributed by atoms with Crippen LogP contribution in [0.25, 0.3) is 0 Å². The summed E-state index contributed by atoms with van der Waals surface area (Å²) in [6, 6.07) is 3.20. The zero-order valence-electron chi connectivity index (χ0n) is 9.06. The van der Waals surface area contributed by atoms with Crippen LogP contribution in [-0.2, 0) is 5.60 Å². The largest absolute Gasteiger partial charge is 0.385 e. The highest BCUT2D eigenvalue weighted by atomic mass is 19.1. The molecule has 3 heteroatoms. The van der Waals surface area contributed by atoms with E-state index in [0.717, 1.165) is 12.5 Å². The average Bonchev–Trinajstić information content (AvgIpc) is 2.16. The fourth-order valence-corrected chi connectivity index (χ4v) is 1.76. The van der Waals surface area contributed by atoms with Gasteiger partial charge in [0, 0.05) is 6.07 Å². The van der Waals surface area contributed by atoms with Crippen LogP contribution in [0.15, 0.2) is 18.2 Å². The minimum atomic E-state index is -1.11. The van der Waals surface area contributed by atoms with Gasteiger partial charge in [-0.15, -0.1) is 0 Å². The standard InChI is InChI=1S/C12H16F2O/c1-3-5-12(15,4-2)9-6-10(13)8-11(14)7-9/h6-8,15H,3-5H2,1-2H3. The van der Waals surface area contributed by atoms with Gasteiger partial charge in [-0.25, -0.2) is 8.78 Å². The maximum Gasteiger partial charge on any atom is 0.126 e. The van der Waals surface area contributed by atoms with Crippen molar-refractivity contribution < 1.29 is 13.9 Å². The van der Waals surface area contributed by atoms with Crippen LogP contribution in [0.5, 0.6) is 0 Å². The molecule has 1 N–H and O–H groups in total.